The monoisotopic (exact) mass is 579 g/mol. The quantitative estimate of drug-likeness (QED) is 0.270. The second kappa shape index (κ2) is 10.8. The summed E-state index contributed by atoms with van der Waals surface area (Å²) in [6.45, 7) is 3.68. The summed E-state index contributed by atoms with van der Waals surface area (Å²) in [5, 5.41) is 11.5. The van der Waals surface area contributed by atoms with Gasteiger partial charge < -0.3 is 14.5 Å². The third-order valence-corrected chi connectivity index (χ3v) is 8.63. The number of halogens is 6. The lowest BCUT2D eigenvalue weighted by atomic mass is 9.73. The number of fused-ring (bicyclic) bond motifs is 1. The maximum atomic E-state index is 14.0. The van der Waals surface area contributed by atoms with E-state index in [2.05, 4.69) is 0 Å². The van der Waals surface area contributed by atoms with Crippen LogP contribution in [-0.2, 0) is 33.5 Å². The van der Waals surface area contributed by atoms with Gasteiger partial charge in [0.1, 0.15) is 0 Å². The Morgan fingerprint density at radius 2 is 1.75 bits per heavy atom. The summed E-state index contributed by atoms with van der Waals surface area (Å²) in [5.41, 5.74) is -2.85. The highest BCUT2D eigenvalue weighted by molar-refractivity contribution is 5.85. The number of hydrogen-bond donors (Lipinski definition) is 0. The highest BCUT2D eigenvalue weighted by Gasteiger charge is 2.55. The van der Waals surface area contributed by atoms with E-state index in [9.17, 15) is 46.0 Å². The predicted molar refractivity (Wildman–Crippen MR) is 129 cm³/mol. The van der Waals surface area contributed by atoms with Crippen molar-refractivity contribution in [3.63, 3.8) is 0 Å². The summed E-state index contributed by atoms with van der Waals surface area (Å²) in [4.78, 5) is 39.4. The third-order valence-electron chi connectivity index (χ3n) is 8.63. The van der Waals surface area contributed by atoms with Gasteiger partial charge in [-0.05, 0) is 56.1 Å². The Bertz CT molecular complexity index is 1160. The zero-order chi connectivity index (χ0) is 29.6. The van der Waals surface area contributed by atoms with Crippen molar-refractivity contribution < 1.29 is 45.6 Å². The summed E-state index contributed by atoms with van der Waals surface area (Å²) >= 11 is 0. The smallest absolute Gasteiger partial charge is 0.381 e. The van der Waals surface area contributed by atoms with Gasteiger partial charge in [0.05, 0.1) is 15.9 Å². The third kappa shape index (κ3) is 5.64. The molecular weight excluding hydrogens is 548 g/mol. The number of alkyl halides is 6. The predicted octanol–water partition coefficient (Wildman–Crippen LogP) is 5.26. The Hall–Kier alpha value is -2.90. The second-order valence-electron chi connectivity index (χ2n) is 11.1. The second-order valence-corrected chi connectivity index (χ2v) is 11.1. The Morgan fingerprint density at radius 1 is 1.10 bits per heavy atom. The van der Waals surface area contributed by atoms with Gasteiger partial charge in [-0.3, -0.25) is 19.7 Å². The zero-order valence-electron chi connectivity index (χ0n) is 22.1. The molecule has 3 aliphatic rings. The molecule has 4 rings (SSSR count). The lowest BCUT2D eigenvalue weighted by molar-refractivity contribution is -0.385. The maximum Gasteiger partial charge on any atom is 0.471 e. The number of ether oxygens (including phenoxy) is 1. The van der Waals surface area contributed by atoms with E-state index in [1.807, 2.05) is 0 Å². The molecule has 2 aliphatic heterocycles. The molecule has 1 saturated heterocycles. The molecule has 0 unspecified atom stereocenters. The number of carbonyl (C=O) groups excluding carboxylic acids is 2. The van der Waals surface area contributed by atoms with Crippen molar-refractivity contribution in [2.75, 3.05) is 19.8 Å². The molecule has 8 nitrogen and oxygen atoms in total. The fourth-order valence-corrected chi connectivity index (χ4v) is 6.48. The Balaban J connectivity index is 1.63. The minimum absolute atomic E-state index is 0.0162. The van der Waals surface area contributed by atoms with E-state index in [4.69, 9.17) is 4.74 Å². The molecule has 0 N–H and O–H groups in total. The van der Waals surface area contributed by atoms with Crippen molar-refractivity contribution in [1.29, 1.82) is 0 Å². The minimum Gasteiger partial charge on any atom is -0.381 e. The molecule has 1 aromatic carbocycles. The van der Waals surface area contributed by atoms with Crippen LogP contribution in [0.2, 0.25) is 0 Å². The van der Waals surface area contributed by atoms with E-state index in [0.29, 0.717) is 6.07 Å². The van der Waals surface area contributed by atoms with Gasteiger partial charge in [-0.1, -0.05) is 13.8 Å². The van der Waals surface area contributed by atoms with Crippen molar-refractivity contribution in [1.82, 2.24) is 9.80 Å². The first-order valence-corrected chi connectivity index (χ1v) is 13.2. The number of nitro benzene ring substituents is 1. The molecule has 2 amide bonds. The topological polar surface area (TPSA) is 93.0 Å². The number of benzene rings is 1. The Labute approximate surface area is 226 Å². The molecule has 14 heteroatoms. The first-order chi connectivity index (χ1) is 18.6. The van der Waals surface area contributed by atoms with Gasteiger partial charge in [-0.15, -0.1) is 0 Å². The van der Waals surface area contributed by atoms with Gasteiger partial charge in [-0.2, -0.15) is 26.3 Å². The van der Waals surface area contributed by atoms with Gasteiger partial charge in [0.25, 0.3) is 5.69 Å². The van der Waals surface area contributed by atoms with E-state index >= 15 is 0 Å². The van der Waals surface area contributed by atoms with Crippen LogP contribution in [0.25, 0.3) is 0 Å². The van der Waals surface area contributed by atoms with E-state index in [1.165, 1.54) is 4.90 Å². The van der Waals surface area contributed by atoms with Crippen molar-refractivity contribution in [2.24, 2.45) is 11.3 Å². The average molecular weight is 580 g/mol. The first kappa shape index (κ1) is 30.1. The summed E-state index contributed by atoms with van der Waals surface area (Å²) in [7, 11) is 0. The fraction of sp³-hybridized carbons (Fsp3) is 0.692. The van der Waals surface area contributed by atoms with Crippen LogP contribution in [0.5, 0.6) is 0 Å². The molecule has 0 spiro atoms. The first-order valence-electron chi connectivity index (χ1n) is 13.2. The number of hydrogen-bond acceptors (Lipinski definition) is 5. The van der Waals surface area contributed by atoms with Crippen molar-refractivity contribution in [3.8, 4) is 0 Å². The van der Waals surface area contributed by atoms with Gasteiger partial charge in [0.15, 0.2) is 0 Å². The average Bonchev–Trinajstić information content (AvgIpc) is 3.33. The molecular formula is C26H31F6N3O5. The molecule has 0 radical (unpaired) electrons. The number of nitrogens with zero attached hydrogens (tertiary/aromatic N) is 3. The van der Waals surface area contributed by atoms with Crippen LogP contribution in [0.1, 0.15) is 62.6 Å². The minimum atomic E-state index is -5.09. The molecule has 2 heterocycles. The molecule has 222 valence electrons. The molecule has 1 aliphatic carbocycles. The lowest BCUT2D eigenvalue weighted by Crippen LogP contribution is -2.54. The zero-order valence-corrected chi connectivity index (χ0v) is 22.1. The highest BCUT2D eigenvalue weighted by atomic mass is 19.4. The van der Waals surface area contributed by atoms with Crippen molar-refractivity contribution >= 4 is 17.5 Å². The van der Waals surface area contributed by atoms with Crippen LogP contribution in [0.4, 0.5) is 32.0 Å². The van der Waals surface area contributed by atoms with Gasteiger partial charge in [0, 0.05) is 50.0 Å². The van der Waals surface area contributed by atoms with Gasteiger partial charge >= 0.3 is 18.3 Å². The summed E-state index contributed by atoms with van der Waals surface area (Å²) in [6.07, 6.45) is -9.13. The molecule has 2 atom stereocenters. The normalized spacial score (nSPS) is 24.2. The van der Waals surface area contributed by atoms with E-state index in [0.717, 1.165) is 11.0 Å². The summed E-state index contributed by atoms with van der Waals surface area (Å²) in [6, 6.07) is -0.223. The van der Waals surface area contributed by atoms with Crippen molar-refractivity contribution in [2.45, 2.75) is 83.4 Å². The van der Waals surface area contributed by atoms with Crippen molar-refractivity contribution in [3.05, 3.63) is 38.9 Å². The Kier molecular flexibility index (Phi) is 8.14. The Morgan fingerprint density at radius 3 is 2.30 bits per heavy atom. The van der Waals surface area contributed by atoms with Crippen LogP contribution in [0, 0.1) is 21.4 Å². The molecule has 40 heavy (non-hydrogen) atoms. The molecule has 2 fully saturated rings. The van der Waals surface area contributed by atoms with Crippen LogP contribution in [0.3, 0.4) is 0 Å². The van der Waals surface area contributed by atoms with E-state index in [1.54, 1.807) is 13.8 Å². The number of carbonyl (C=O) groups is 2. The number of nitro groups is 1. The summed E-state index contributed by atoms with van der Waals surface area (Å²) in [5.74, 6) is -2.72. The van der Waals surface area contributed by atoms with Crippen LogP contribution in [-0.4, -0.2) is 64.6 Å². The fourth-order valence-electron chi connectivity index (χ4n) is 6.48. The highest BCUT2D eigenvalue weighted by Crippen LogP contribution is 2.49. The maximum absolute atomic E-state index is 14.0. The molecule has 1 aromatic rings. The van der Waals surface area contributed by atoms with E-state index in [-0.39, 0.29) is 81.9 Å². The summed E-state index contributed by atoms with van der Waals surface area (Å²) < 4.78 is 86.6. The number of rotatable bonds is 5. The van der Waals surface area contributed by atoms with Crippen LogP contribution in [0.15, 0.2) is 12.1 Å². The van der Waals surface area contributed by atoms with Gasteiger partial charge in [0.2, 0.25) is 5.91 Å². The number of amides is 2. The largest absolute Gasteiger partial charge is 0.471 e. The molecule has 1 saturated carbocycles. The molecule has 0 bridgehead atoms. The van der Waals surface area contributed by atoms with E-state index < -0.39 is 57.8 Å². The SMILES string of the molecule is CC(C)[C@]1(C(=O)N2CCc3c(cc(C(F)(F)F)cc3[N+](=O)[O-])C2)CC[C@@H](N(C(=O)C(F)(F)F)C2CCOCC2)C1. The van der Waals surface area contributed by atoms with Crippen LogP contribution >= 0.6 is 0 Å². The van der Waals surface area contributed by atoms with Crippen LogP contribution < -0.4 is 0 Å². The van der Waals surface area contributed by atoms with Gasteiger partial charge in [-0.25, -0.2) is 0 Å². The molecule has 0 aromatic heterocycles. The lowest BCUT2D eigenvalue weighted by Gasteiger charge is -2.42. The standard InChI is InChI=1S/C26H31F6N3O5/c1-15(2)24(7-3-19(13-24)34(23(37)26(30,31)32)18-5-9-40-10-6-18)22(36)33-8-4-20-16(14-33)11-17(25(27,28)29)12-21(20)35(38)39/h11-12,15,18-19H,3-10,13-14H2,1-2H3/t19-,24+/m1/s1.